The molecule has 0 radical (unpaired) electrons. The van der Waals surface area contributed by atoms with E-state index in [0.29, 0.717) is 12.8 Å². The highest BCUT2D eigenvalue weighted by Gasteiger charge is 2.62. The Morgan fingerprint density at radius 2 is 2.15 bits per heavy atom. The Morgan fingerprint density at radius 1 is 1.46 bits per heavy atom. The molecular weight excluding hydrogens is 340 g/mol. The molecule has 0 bridgehead atoms. The highest BCUT2D eigenvalue weighted by atomic mass is 16.6. The molecule has 0 spiro atoms. The minimum absolute atomic E-state index is 0.237. The Morgan fingerprint density at radius 3 is 2.77 bits per heavy atom. The summed E-state index contributed by atoms with van der Waals surface area (Å²) in [5, 5.41) is 18.9. The monoisotopic (exact) mass is 366 g/mol. The molecule has 144 valence electrons. The van der Waals surface area contributed by atoms with Crippen LogP contribution in [0.4, 0.5) is 0 Å². The van der Waals surface area contributed by atoms with E-state index in [0.717, 1.165) is 12.8 Å². The summed E-state index contributed by atoms with van der Waals surface area (Å²) < 4.78 is 11.2. The average Bonchev–Trinajstić information content (AvgIpc) is 2.87. The van der Waals surface area contributed by atoms with Crippen molar-refractivity contribution in [2.24, 2.45) is 29.1 Å². The Bertz CT molecular complexity index is 642. The number of aliphatic hydroxyl groups excluding tert-OH is 1. The summed E-state index contributed by atoms with van der Waals surface area (Å²) in [5.41, 5.74) is -0.165. The molecule has 3 rings (SSSR count). The summed E-state index contributed by atoms with van der Waals surface area (Å²) in [4.78, 5) is 36.2. The summed E-state index contributed by atoms with van der Waals surface area (Å²) in [6.45, 7) is 7.05. The quantitative estimate of drug-likeness (QED) is 0.573. The minimum Gasteiger partial charge on any atom is -0.481 e. The van der Waals surface area contributed by atoms with Crippen LogP contribution >= 0.6 is 0 Å². The van der Waals surface area contributed by atoms with E-state index >= 15 is 0 Å². The molecule has 0 aromatic rings. The average molecular weight is 366 g/mol. The number of carbonyl (C=O) groups excluding carboxylic acids is 2. The maximum absolute atomic E-state index is 12.2. The van der Waals surface area contributed by atoms with Gasteiger partial charge in [-0.15, -0.1) is 0 Å². The molecule has 2 saturated carbocycles. The summed E-state index contributed by atoms with van der Waals surface area (Å²) in [7, 11) is 0. The summed E-state index contributed by atoms with van der Waals surface area (Å²) >= 11 is 0. The molecule has 26 heavy (non-hydrogen) atoms. The van der Waals surface area contributed by atoms with Gasteiger partial charge >= 0.3 is 17.9 Å². The molecule has 7 nitrogen and oxygen atoms in total. The van der Waals surface area contributed by atoms with Crippen LogP contribution in [0.25, 0.3) is 0 Å². The fourth-order valence-corrected chi connectivity index (χ4v) is 5.08. The highest BCUT2D eigenvalue weighted by Crippen LogP contribution is 2.58. The lowest BCUT2D eigenvalue weighted by Crippen LogP contribution is -2.57. The number of hydrogen-bond acceptors (Lipinski definition) is 6. The number of hydrogen-bond donors (Lipinski definition) is 2. The first kappa shape index (κ1) is 18.9. The number of esters is 2. The van der Waals surface area contributed by atoms with Gasteiger partial charge in [0, 0.05) is 11.5 Å². The van der Waals surface area contributed by atoms with Crippen LogP contribution < -0.4 is 0 Å². The Labute approximate surface area is 152 Å². The van der Waals surface area contributed by atoms with Crippen LogP contribution in [0, 0.1) is 29.1 Å². The Hall–Kier alpha value is -1.89. The normalized spacial score (nSPS) is 40.2. The van der Waals surface area contributed by atoms with E-state index in [2.05, 4.69) is 6.58 Å². The molecule has 1 aliphatic heterocycles. The van der Waals surface area contributed by atoms with Gasteiger partial charge in [-0.3, -0.25) is 9.59 Å². The predicted octanol–water partition coefficient (Wildman–Crippen LogP) is 1.54. The van der Waals surface area contributed by atoms with Crippen molar-refractivity contribution in [3.63, 3.8) is 0 Å². The third-order valence-corrected chi connectivity index (χ3v) is 6.45. The topological polar surface area (TPSA) is 110 Å². The highest BCUT2D eigenvalue weighted by molar-refractivity contribution is 5.91. The van der Waals surface area contributed by atoms with Gasteiger partial charge in [0.2, 0.25) is 0 Å². The largest absolute Gasteiger partial charge is 0.481 e. The lowest BCUT2D eigenvalue weighted by Gasteiger charge is -2.53. The Kier molecular flexibility index (Phi) is 4.86. The smallest absolute Gasteiger partial charge is 0.334 e. The van der Waals surface area contributed by atoms with Crippen molar-refractivity contribution in [1.29, 1.82) is 0 Å². The van der Waals surface area contributed by atoms with Crippen LogP contribution in [0.5, 0.6) is 0 Å². The van der Waals surface area contributed by atoms with E-state index in [4.69, 9.17) is 9.47 Å². The molecule has 2 N–H and O–H groups in total. The standard InChI is InChI=1S/C19H26O7/c1-9(8-20)17(23)25-12-7-19(3)6-4-5-11(16(21)22)14(19)15-13(12)10(2)18(24)26-15/h9,11-15,20H,2,4-8H2,1,3H3,(H,21,22). The van der Waals surface area contributed by atoms with Gasteiger partial charge in [-0.25, -0.2) is 4.79 Å². The molecule has 1 heterocycles. The first-order valence-electron chi connectivity index (χ1n) is 9.13. The van der Waals surface area contributed by atoms with Crippen molar-refractivity contribution in [2.45, 2.75) is 51.7 Å². The van der Waals surface area contributed by atoms with E-state index in [1.807, 2.05) is 6.92 Å². The fourth-order valence-electron chi connectivity index (χ4n) is 5.08. The molecule has 0 aromatic carbocycles. The van der Waals surface area contributed by atoms with E-state index in [9.17, 15) is 24.6 Å². The molecule has 1 saturated heterocycles. The zero-order valence-corrected chi connectivity index (χ0v) is 15.1. The van der Waals surface area contributed by atoms with Gasteiger partial charge in [0.1, 0.15) is 12.2 Å². The number of carbonyl (C=O) groups is 3. The predicted molar refractivity (Wildman–Crippen MR) is 89.8 cm³/mol. The first-order chi connectivity index (χ1) is 12.2. The molecule has 0 amide bonds. The SMILES string of the molecule is C=C1C(=O)OC2C1C(OC(=O)C(C)CO)CC1(C)CCCC(C(=O)O)C21. The Balaban J connectivity index is 1.95. The van der Waals surface area contributed by atoms with Crippen LogP contribution in [0.2, 0.25) is 0 Å². The lowest BCUT2D eigenvalue weighted by atomic mass is 9.52. The second-order valence-electron chi connectivity index (χ2n) is 8.20. The first-order valence-corrected chi connectivity index (χ1v) is 9.13. The van der Waals surface area contributed by atoms with Gasteiger partial charge in [0.25, 0.3) is 0 Å². The number of ether oxygens (including phenoxy) is 2. The molecule has 0 aromatic heterocycles. The fraction of sp³-hybridized carbons (Fsp3) is 0.737. The van der Waals surface area contributed by atoms with Crippen LogP contribution in [-0.2, 0) is 23.9 Å². The van der Waals surface area contributed by atoms with Gasteiger partial charge in [-0.05, 0) is 31.6 Å². The molecule has 3 aliphatic rings. The maximum atomic E-state index is 12.2. The van der Waals surface area contributed by atoms with E-state index in [-0.39, 0.29) is 18.1 Å². The van der Waals surface area contributed by atoms with Crippen LogP contribution in [0.15, 0.2) is 12.2 Å². The molecule has 7 heteroatoms. The maximum Gasteiger partial charge on any atom is 0.334 e. The minimum atomic E-state index is -0.877. The molecular formula is C19H26O7. The third-order valence-electron chi connectivity index (χ3n) is 6.45. The van der Waals surface area contributed by atoms with Gasteiger partial charge in [0.05, 0.1) is 24.4 Å². The zero-order valence-electron chi connectivity index (χ0n) is 15.1. The van der Waals surface area contributed by atoms with E-state index in [1.54, 1.807) is 6.92 Å². The number of carboxylic acids is 1. The van der Waals surface area contributed by atoms with Crippen molar-refractivity contribution in [3.8, 4) is 0 Å². The van der Waals surface area contributed by atoms with Crippen LogP contribution in [-0.4, -0.2) is 46.9 Å². The van der Waals surface area contributed by atoms with Crippen molar-refractivity contribution >= 4 is 17.9 Å². The summed E-state index contributed by atoms with van der Waals surface area (Å²) in [5.74, 6) is -4.07. The van der Waals surface area contributed by atoms with E-state index < -0.39 is 53.3 Å². The number of fused-ring (bicyclic) bond motifs is 3. The summed E-state index contributed by atoms with van der Waals surface area (Å²) in [6.07, 6.45) is 1.32. The van der Waals surface area contributed by atoms with E-state index in [1.165, 1.54) is 0 Å². The number of aliphatic carboxylic acids is 1. The van der Waals surface area contributed by atoms with Crippen molar-refractivity contribution in [2.75, 3.05) is 6.61 Å². The number of carboxylic acid groups (broad SMARTS) is 1. The second kappa shape index (κ2) is 6.68. The lowest BCUT2D eigenvalue weighted by molar-refractivity contribution is -0.187. The third kappa shape index (κ3) is 2.92. The molecule has 3 fully saturated rings. The van der Waals surface area contributed by atoms with Gasteiger partial charge in [-0.1, -0.05) is 19.9 Å². The summed E-state index contributed by atoms with van der Waals surface area (Å²) in [6, 6.07) is 0. The van der Waals surface area contributed by atoms with Crippen molar-refractivity contribution in [3.05, 3.63) is 12.2 Å². The second-order valence-corrected chi connectivity index (χ2v) is 8.20. The van der Waals surface area contributed by atoms with Crippen molar-refractivity contribution < 1.29 is 34.1 Å². The molecule has 7 unspecified atom stereocenters. The van der Waals surface area contributed by atoms with Gasteiger partial charge in [-0.2, -0.15) is 0 Å². The number of aliphatic hydroxyl groups is 1. The van der Waals surface area contributed by atoms with Crippen LogP contribution in [0.1, 0.15) is 39.5 Å². The molecule has 7 atom stereocenters. The van der Waals surface area contributed by atoms with Gasteiger partial charge < -0.3 is 19.7 Å². The van der Waals surface area contributed by atoms with Crippen LogP contribution in [0.3, 0.4) is 0 Å². The van der Waals surface area contributed by atoms with Crippen molar-refractivity contribution in [1.82, 2.24) is 0 Å². The molecule has 2 aliphatic carbocycles. The van der Waals surface area contributed by atoms with Gasteiger partial charge in [0.15, 0.2) is 0 Å². The number of rotatable bonds is 4. The zero-order chi connectivity index (χ0) is 19.2.